The zero-order chi connectivity index (χ0) is 20.6. The third kappa shape index (κ3) is 3.39. The molecule has 2 N–H and O–H groups in total. The Labute approximate surface area is 177 Å². The molecule has 0 unspecified atom stereocenters. The fourth-order valence-corrected chi connectivity index (χ4v) is 5.86. The molecule has 158 valence electrons. The van der Waals surface area contributed by atoms with E-state index in [9.17, 15) is 4.39 Å². The summed E-state index contributed by atoms with van der Waals surface area (Å²) in [5.41, 5.74) is 9.76. The quantitative estimate of drug-likeness (QED) is 0.572. The van der Waals surface area contributed by atoms with Gasteiger partial charge >= 0.3 is 0 Å². The van der Waals surface area contributed by atoms with Crippen molar-refractivity contribution in [1.82, 2.24) is 14.5 Å². The molecule has 1 saturated carbocycles. The second-order valence-electron chi connectivity index (χ2n) is 9.00. The van der Waals surface area contributed by atoms with Crippen molar-refractivity contribution in [3.8, 4) is 0 Å². The van der Waals surface area contributed by atoms with Crippen LogP contribution in [0.4, 0.5) is 10.3 Å². The van der Waals surface area contributed by atoms with Gasteiger partial charge in [-0.2, -0.15) is 0 Å². The number of rotatable bonds is 3. The number of benzene rings is 2. The lowest BCUT2D eigenvalue weighted by Gasteiger charge is -2.48. The molecule has 0 radical (unpaired) electrons. The molecular formula is C25H31FN4. The van der Waals surface area contributed by atoms with Gasteiger partial charge < -0.3 is 10.3 Å². The van der Waals surface area contributed by atoms with Crippen LogP contribution < -0.4 is 5.73 Å². The van der Waals surface area contributed by atoms with E-state index < -0.39 is 0 Å². The molecule has 0 atom stereocenters. The van der Waals surface area contributed by atoms with Crippen LogP contribution in [0.25, 0.3) is 11.0 Å². The van der Waals surface area contributed by atoms with Crippen LogP contribution in [-0.2, 0) is 5.54 Å². The maximum atomic E-state index is 13.6. The lowest BCUT2D eigenvalue weighted by Crippen LogP contribution is -2.50. The van der Waals surface area contributed by atoms with Gasteiger partial charge in [-0.3, -0.25) is 4.90 Å². The summed E-state index contributed by atoms with van der Waals surface area (Å²) in [6, 6.07) is 15.9. The molecule has 5 heteroatoms. The monoisotopic (exact) mass is 406 g/mol. The predicted octanol–water partition coefficient (Wildman–Crippen LogP) is 5.64. The Bertz CT molecular complexity index is 994. The van der Waals surface area contributed by atoms with E-state index in [4.69, 9.17) is 5.73 Å². The number of hydrogen-bond donors (Lipinski definition) is 1. The highest BCUT2D eigenvalue weighted by atomic mass is 19.1. The number of fused-ring (bicyclic) bond motifs is 1. The summed E-state index contributed by atoms with van der Waals surface area (Å²) in [6.07, 6.45) is 9.56. The van der Waals surface area contributed by atoms with E-state index in [1.54, 1.807) is 12.1 Å². The molecule has 4 nitrogen and oxygen atoms in total. The summed E-state index contributed by atoms with van der Waals surface area (Å²) in [4.78, 5) is 7.26. The van der Waals surface area contributed by atoms with Crippen molar-refractivity contribution >= 4 is 17.0 Å². The van der Waals surface area contributed by atoms with E-state index in [0.717, 1.165) is 37.0 Å². The summed E-state index contributed by atoms with van der Waals surface area (Å²) in [6.45, 7) is 2.07. The molecule has 2 aliphatic rings. The molecule has 0 spiro atoms. The van der Waals surface area contributed by atoms with Gasteiger partial charge in [-0.15, -0.1) is 0 Å². The Kier molecular flexibility index (Phi) is 5.23. The number of nitrogens with two attached hydrogens (primary N) is 1. The fraction of sp³-hybridized carbons (Fsp3) is 0.480. The summed E-state index contributed by atoms with van der Waals surface area (Å²) < 4.78 is 15.9. The Morgan fingerprint density at radius 2 is 1.57 bits per heavy atom. The number of nitrogens with zero attached hydrogens (tertiary/aromatic N) is 3. The molecule has 30 heavy (non-hydrogen) atoms. The van der Waals surface area contributed by atoms with E-state index in [1.165, 1.54) is 44.1 Å². The van der Waals surface area contributed by atoms with Gasteiger partial charge in [0, 0.05) is 24.7 Å². The van der Waals surface area contributed by atoms with Crippen LogP contribution in [0, 0.1) is 5.82 Å². The number of anilines is 1. The van der Waals surface area contributed by atoms with Gasteiger partial charge in [0.25, 0.3) is 0 Å². The largest absolute Gasteiger partial charge is 0.369 e. The van der Waals surface area contributed by atoms with Crippen molar-refractivity contribution in [3.05, 3.63) is 59.9 Å². The molecule has 2 fully saturated rings. The van der Waals surface area contributed by atoms with Crippen molar-refractivity contribution in [2.75, 3.05) is 18.8 Å². The van der Waals surface area contributed by atoms with Crippen molar-refractivity contribution in [3.63, 3.8) is 0 Å². The first kappa shape index (κ1) is 19.6. The molecule has 2 aromatic carbocycles. The second-order valence-corrected chi connectivity index (χ2v) is 9.00. The molecule has 1 saturated heterocycles. The number of aromatic nitrogens is 2. The Balaban J connectivity index is 1.42. The third-order valence-corrected chi connectivity index (χ3v) is 7.37. The number of nitrogen functional groups attached to an aromatic ring is 1. The van der Waals surface area contributed by atoms with Gasteiger partial charge in [-0.05, 0) is 55.5 Å². The normalized spacial score (nSPS) is 21.0. The van der Waals surface area contributed by atoms with E-state index in [2.05, 4.69) is 26.6 Å². The van der Waals surface area contributed by atoms with E-state index in [1.807, 2.05) is 24.3 Å². The van der Waals surface area contributed by atoms with Gasteiger partial charge in [-0.25, -0.2) is 9.37 Å². The lowest BCUT2D eigenvalue weighted by atomic mass is 9.79. The van der Waals surface area contributed by atoms with E-state index in [0.29, 0.717) is 12.0 Å². The minimum Gasteiger partial charge on any atom is -0.369 e. The van der Waals surface area contributed by atoms with Gasteiger partial charge in [0.1, 0.15) is 5.82 Å². The number of imidazole rings is 1. The van der Waals surface area contributed by atoms with Crippen molar-refractivity contribution in [2.45, 2.75) is 62.9 Å². The molecule has 0 amide bonds. The minimum atomic E-state index is -0.149. The summed E-state index contributed by atoms with van der Waals surface area (Å²) >= 11 is 0. The average molecular weight is 407 g/mol. The Morgan fingerprint density at radius 3 is 2.27 bits per heavy atom. The summed E-state index contributed by atoms with van der Waals surface area (Å²) in [5, 5.41) is 0. The number of likely N-dealkylation sites (tertiary alicyclic amines) is 1. The van der Waals surface area contributed by atoms with Crippen molar-refractivity contribution in [2.24, 2.45) is 0 Å². The van der Waals surface area contributed by atoms with Crippen LogP contribution in [0.15, 0.2) is 48.5 Å². The molecule has 0 bridgehead atoms. The lowest BCUT2D eigenvalue weighted by molar-refractivity contribution is 0.0362. The molecule has 2 heterocycles. The number of halogens is 1. The summed E-state index contributed by atoms with van der Waals surface area (Å²) in [5.74, 6) is 0.473. The highest BCUT2D eigenvalue weighted by Gasteiger charge is 2.40. The molecular weight excluding hydrogens is 375 g/mol. The predicted molar refractivity (Wildman–Crippen MR) is 120 cm³/mol. The Hall–Kier alpha value is -2.40. The van der Waals surface area contributed by atoms with Crippen LogP contribution in [-0.4, -0.2) is 27.5 Å². The zero-order valence-corrected chi connectivity index (χ0v) is 17.6. The zero-order valence-electron chi connectivity index (χ0n) is 17.6. The minimum absolute atomic E-state index is 0.0394. The van der Waals surface area contributed by atoms with Gasteiger partial charge in [0.05, 0.1) is 11.0 Å². The average Bonchev–Trinajstić information content (AvgIpc) is 2.93. The molecule has 1 aliphatic carbocycles. The molecule has 3 aromatic rings. The maximum Gasteiger partial charge on any atom is 0.201 e. The Morgan fingerprint density at radius 1 is 0.900 bits per heavy atom. The molecule has 5 rings (SSSR count). The van der Waals surface area contributed by atoms with E-state index >= 15 is 0 Å². The van der Waals surface area contributed by atoms with Gasteiger partial charge in [0.15, 0.2) is 0 Å². The van der Waals surface area contributed by atoms with Crippen LogP contribution in [0.3, 0.4) is 0 Å². The van der Waals surface area contributed by atoms with E-state index in [-0.39, 0.29) is 11.4 Å². The smallest absolute Gasteiger partial charge is 0.201 e. The second kappa shape index (κ2) is 8.03. The maximum absolute atomic E-state index is 13.6. The first-order valence-electron chi connectivity index (χ1n) is 11.4. The standard InChI is InChI=1S/C25H31FN4/c26-20-11-9-19(10-12-20)25(15-5-1-2-6-16-25)29-17-13-21(14-18-29)30-23-8-4-3-7-22(23)28-24(30)27/h3-4,7-12,21H,1-2,5-6,13-18H2,(H2,27,28). The SMILES string of the molecule is Nc1nc2ccccc2n1C1CCN(C2(c3ccc(F)cc3)CCCCCC2)CC1. The first-order valence-corrected chi connectivity index (χ1v) is 11.4. The number of hydrogen-bond acceptors (Lipinski definition) is 3. The molecule has 1 aromatic heterocycles. The molecule has 1 aliphatic heterocycles. The third-order valence-electron chi connectivity index (χ3n) is 7.37. The van der Waals surface area contributed by atoms with Crippen molar-refractivity contribution < 1.29 is 4.39 Å². The number of para-hydroxylation sites is 2. The van der Waals surface area contributed by atoms with Crippen LogP contribution in [0.2, 0.25) is 0 Å². The fourth-order valence-electron chi connectivity index (χ4n) is 5.86. The van der Waals surface area contributed by atoms with Crippen molar-refractivity contribution in [1.29, 1.82) is 0 Å². The van der Waals surface area contributed by atoms with Crippen LogP contribution in [0.1, 0.15) is 63.0 Å². The highest BCUT2D eigenvalue weighted by molar-refractivity contribution is 5.78. The first-order chi connectivity index (χ1) is 14.7. The highest BCUT2D eigenvalue weighted by Crippen LogP contribution is 2.44. The summed E-state index contributed by atoms with van der Waals surface area (Å²) in [7, 11) is 0. The van der Waals surface area contributed by atoms with Crippen LogP contribution in [0.5, 0.6) is 0 Å². The van der Waals surface area contributed by atoms with Crippen LogP contribution >= 0.6 is 0 Å². The number of piperidine rings is 1. The topological polar surface area (TPSA) is 47.1 Å². The van der Waals surface area contributed by atoms with Gasteiger partial charge in [-0.1, -0.05) is 49.9 Å². The van der Waals surface area contributed by atoms with Gasteiger partial charge in [0.2, 0.25) is 5.95 Å².